The van der Waals surface area contributed by atoms with Gasteiger partial charge in [-0.3, -0.25) is 4.79 Å². The largest absolute Gasteiger partial charge is 0.480 e. The molecule has 5 heteroatoms. The molecule has 0 bridgehead atoms. The van der Waals surface area contributed by atoms with E-state index in [-0.39, 0.29) is 0 Å². The van der Waals surface area contributed by atoms with E-state index in [0.29, 0.717) is 6.54 Å². The first-order valence-electron chi connectivity index (χ1n) is 4.81. The Morgan fingerprint density at radius 1 is 1.67 bits per heavy atom. The molecular weight excluding hydrogens is 212 g/mol. The van der Waals surface area contributed by atoms with Gasteiger partial charge in [-0.2, -0.15) is 0 Å². The second-order valence-electron chi connectivity index (χ2n) is 3.97. The summed E-state index contributed by atoms with van der Waals surface area (Å²) in [5.74, 6) is -0.830. The van der Waals surface area contributed by atoms with E-state index in [1.54, 1.807) is 25.2 Å². The van der Waals surface area contributed by atoms with E-state index in [4.69, 9.17) is 5.11 Å². The number of hydrogen-bond acceptors (Lipinski definition) is 4. The van der Waals surface area contributed by atoms with Crippen LogP contribution < -0.4 is 5.32 Å². The number of aryl methyl sites for hydroxylation is 1. The van der Waals surface area contributed by atoms with Crippen LogP contribution in [0.5, 0.6) is 0 Å². The van der Waals surface area contributed by atoms with Gasteiger partial charge in [0.05, 0.1) is 11.2 Å². The van der Waals surface area contributed by atoms with Crippen LogP contribution in [0.25, 0.3) is 0 Å². The van der Waals surface area contributed by atoms with Crippen LogP contribution in [0.3, 0.4) is 0 Å². The Morgan fingerprint density at radius 3 is 2.80 bits per heavy atom. The summed E-state index contributed by atoms with van der Waals surface area (Å²) in [6, 6.07) is 0. The molecule has 0 saturated heterocycles. The van der Waals surface area contributed by atoms with Crippen molar-refractivity contribution < 1.29 is 9.90 Å². The third-order valence-electron chi connectivity index (χ3n) is 2.30. The van der Waals surface area contributed by atoms with Crippen molar-refractivity contribution in [3.63, 3.8) is 0 Å². The Bertz CT molecular complexity index is 347. The van der Waals surface area contributed by atoms with E-state index in [2.05, 4.69) is 10.3 Å². The minimum absolute atomic E-state index is 0.655. The molecule has 0 atom stereocenters. The van der Waals surface area contributed by atoms with Crippen molar-refractivity contribution in [2.45, 2.75) is 32.7 Å². The smallest absolute Gasteiger partial charge is 0.323 e. The Balaban J connectivity index is 2.40. The van der Waals surface area contributed by atoms with Crippen molar-refractivity contribution in [1.29, 1.82) is 0 Å². The molecule has 0 fully saturated rings. The highest BCUT2D eigenvalue weighted by Crippen LogP contribution is 2.12. The van der Waals surface area contributed by atoms with E-state index in [0.717, 1.165) is 12.1 Å². The molecule has 0 aliphatic carbocycles. The van der Waals surface area contributed by atoms with Crippen LogP contribution in [0.2, 0.25) is 0 Å². The molecule has 0 radical (unpaired) electrons. The van der Waals surface area contributed by atoms with Gasteiger partial charge in [0.25, 0.3) is 0 Å². The van der Waals surface area contributed by atoms with Gasteiger partial charge in [-0.05, 0) is 27.2 Å². The zero-order valence-corrected chi connectivity index (χ0v) is 10.0. The standard InChI is InChI=1S/C10H16N2O2S/c1-7-8(15-6-11-7)4-5-12-10(2,3)9(13)14/h6,12H,4-5H2,1-3H3,(H,13,14). The highest BCUT2D eigenvalue weighted by Gasteiger charge is 2.25. The number of carboxylic acid groups (broad SMARTS) is 1. The van der Waals surface area contributed by atoms with Gasteiger partial charge >= 0.3 is 5.97 Å². The van der Waals surface area contributed by atoms with E-state index in [9.17, 15) is 4.79 Å². The van der Waals surface area contributed by atoms with Crippen molar-refractivity contribution >= 4 is 17.3 Å². The maximum Gasteiger partial charge on any atom is 0.323 e. The summed E-state index contributed by atoms with van der Waals surface area (Å²) in [4.78, 5) is 16.2. The van der Waals surface area contributed by atoms with Crippen LogP contribution in [-0.2, 0) is 11.2 Å². The number of thiazole rings is 1. The number of hydrogen-bond donors (Lipinski definition) is 2. The minimum Gasteiger partial charge on any atom is -0.480 e. The van der Waals surface area contributed by atoms with E-state index >= 15 is 0 Å². The molecule has 1 heterocycles. The van der Waals surface area contributed by atoms with Crippen LogP contribution in [0.4, 0.5) is 0 Å². The molecule has 0 saturated carbocycles. The molecule has 0 aliphatic heterocycles. The third-order valence-corrected chi connectivity index (χ3v) is 3.29. The van der Waals surface area contributed by atoms with Gasteiger partial charge in [0, 0.05) is 11.4 Å². The minimum atomic E-state index is -0.863. The predicted octanol–water partition coefficient (Wildman–Crippen LogP) is 1.45. The molecular formula is C10H16N2O2S. The molecule has 2 N–H and O–H groups in total. The van der Waals surface area contributed by atoms with Gasteiger partial charge in [0.2, 0.25) is 0 Å². The lowest BCUT2D eigenvalue weighted by Gasteiger charge is -2.20. The zero-order valence-electron chi connectivity index (χ0n) is 9.20. The molecule has 0 spiro atoms. The molecule has 15 heavy (non-hydrogen) atoms. The average Bonchev–Trinajstić information content (AvgIpc) is 2.51. The van der Waals surface area contributed by atoms with Crippen molar-refractivity contribution in [3.05, 3.63) is 16.1 Å². The molecule has 1 aromatic heterocycles. The number of nitrogens with zero attached hydrogens (tertiary/aromatic N) is 1. The van der Waals surface area contributed by atoms with Gasteiger partial charge in [-0.1, -0.05) is 0 Å². The molecule has 0 aromatic carbocycles. The SMILES string of the molecule is Cc1ncsc1CCNC(C)(C)C(=O)O. The fourth-order valence-electron chi connectivity index (χ4n) is 1.13. The van der Waals surface area contributed by atoms with Crippen LogP contribution in [0, 0.1) is 6.92 Å². The highest BCUT2D eigenvalue weighted by atomic mass is 32.1. The maximum atomic E-state index is 10.8. The van der Waals surface area contributed by atoms with Crippen molar-refractivity contribution in [2.75, 3.05) is 6.54 Å². The van der Waals surface area contributed by atoms with Gasteiger partial charge in [0.15, 0.2) is 0 Å². The number of nitrogens with one attached hydrogen (secondary N) is 1. The maximum absolute atomic E-state index is 10.8. The Morgan fingerprint density at radius 2 is 2.33 bits per heavy atom. The fourth-order valence-corrected chi connectivity index (χ4v) is 1.91. The topological polar surface area (TPSA) is 62.2 Å². The second kappa shape index (κ2) is 4.72. The summed E-state index contributed by atoms with van der Waals surface area (Å²) in [5.41, 5.74) is 1.99. The van der Waals surface area contributed by atoms with E-state index in [1.807, 2.05) is 12.4 Å². The fraction of sp³-hybridized carbons (Fsp3) is 0.600. The van der Waals surface area contributed by atoms with E-state index < -0.39 is 11.5 Å². The van der Waals surface area contributed by atoms with Crippen molar-refractivity contribution in [2.24, 2.45) is 0 Å². The zero-order chi connectivity index (χ0) is 11.5. The molecule has 4 nitrogen and oxygen atoms in total. The molecule has 0 amide bonds. The first-order chi connectivity index (χ1) is 6.93. The summed E-state index contributed by atoms with van der Waals surface area (Å²) in [6.45, 7) is 5.94. The lowest BCUT2D eigenvalue weighted by Crippen LogP contribution is -2.47. The average molecular weight is 228 g/mol. The summed E-state index contributed by atoms with van der Waals surface area (Å²) < 4.78 is 0. The van der Waals surface area contributed by atoms with Crippen molar-refractivity contribution in [3.8, 4) is 0 Å². The van der Waals surface area contributed by atoms with Gasteiger partial charge in [0.1, 0.15) is 5.54 Å². The van der Waals surface area contributed by atoms with E-state index in [1.165, 1.54) is 4.88 Å². The Hall–Kier alpha value is -0.940. The first kappa shape index (κ1) is 12.1. The third kappa shape index (κ3) is 3.28. The van der Waals surface area contributed by atoms with Gasteiger partial charge in [-0.25, -0.2) is 4.98 Å². The molecule has 1 aromatic rings. The number of aromatic nitrogens is 1. The molecule has 0 aliphatic rings. The quantitative estimate of drug-likeness (QED) is 0.800. The summed E-state index contributed by atoms with van der Waals surface area (Å²) in [5, 5.41) is 11.9. The summed E-state index contributed by atoms with van der Waals surface area (Å²) in [6.07, 6.45) is 0.827. The summed E-state index contributed by atoms with van der Waals surface area (Å²) >= 11 is 1.61. The Labute approximate surface area is 93.4 Å². The molecule has 1 rings (SSSR count). The molecule has 0 unspecified atom stereocenters. The second-order valence-corrected chi connectivity index (χ2v) is 4.91. The first-order valence-corrected chi connectivity index (χ1v) is 5.69. The Kier molecular flexibility index (Phi) is 3.82. The lowest BCUT2D eigenvalue weighted by molar-refractivity contribution is -0.143. The number of carbonyl (C=O) groups is 1. The predicted molar refractivity (Wildman–Crippen MR) is 60.3 cm³/mol. The van der Waals surface area contributed by atoms with Crippen molar-refractivity contribution in [1.82, 2.24) is 10.3 Å². The lowest BCUT2D eigenvalue weighted by atomic mass is 10.1. The molecule has 84 valence electrons. The number of rotatable bonds is 5. The monoisotopic (exact) mass is 228 g/mol. The number of aliphatic carboxylic acids is 1. The summed E-state index contributed by atoms with van der Waals surface area (Å²) in [7, 11) is 0. The van der Waals surface area contributed by atoms with Crippen LogP contribution in [0.15, 0.2) is 5.51 Å². The highest BCUT2D eigenvalue weighted by molar-refractivity contribution is 7.09. The van der Waals surface area contributed by atoms with Gasteiger partial charge < -0.3 is 10.4 Å². The van der Waals surface area contributed by atoms with Crippen LogP contribution in [0.1, 0.15) is 24.4 Å². The number of carboxylic acids is 1. The normalized spacial score (nSPS) is 11.7. The van der Waals surface area contributed by atoms with Gasteiger partial charge in [-0.15, -0.1) is 11.3 Å². The van der Waals surface area contributed by atoms with Crippen LogP contribution >= 0.6 is 11.3 Å². The van der Waals surface area contributed by atoms with Crippen LogP contribution in [-0.4, -0.2) is 28.1 Å².